The lowest BCUT2D eigenvalue weighted by atomic mass is 10.2. The number of fused-ring (bicyclic) bond motifs is 1. The van der Waals surface area contributed by atoms with Crippen LogP contribution in [-0.4, -0.2) is 38.4 Å². The second-order valence-electron chi connectivity index (χ2n) is 5.09. The Bertz CT molecular complexity index is 636. The molecule has 2 aromatic rings. The van der Waals surface area contributed by atoms with Gasteiger partial charge in [0.1, 0.15) is 11.6 Å². The van der Waals surface area contributed by atoms with Crippen LogP contribution in [-0.2, 0) is 13.1 Å². The standard InChI is InChI=1S/C15H19N5O/c1-2-5-17-14-12(4-3-6-18-14)15(21)20-10-9-19-8-7-16-13(19)11-20/h3-4,6-8H,2,5,9-11H2,1H3,(H,17,18). The normalized spacial score (nSPS) is 13.9. The van der Waals surface area contributed by atoms with E-state index in [9.17, 15) is 4.79 Å². The third-order valence-corrected chi connectivity index (χ3v) is 3.61. The van der Waals surface area contributed by atoms with Crippen LogP contribution in [0.3, 0.4) is 0 Å². The SMILES string of the molecule is CCCNc1ncccc1C(=O)N1CCn2ccnc2C1. The molecule has 1 aliphatic rings. The van der Waals surface area contributed by atoms with E-state index in [4.69, 9.17) is 0 Å². The summed E-state index contributed by atoms with van der Waals surface area (Å²) in [7, 11) is 0. The molecule has 21 heavy (non-hydrogen) atoms. The molecule has 0 saturated heterocycles. The van der Waals surface area contributed by atoms with Gasteiger partial charge in [-0.05, 0) is 18.6 Å². The minimum atomic E-state index is 0.0101. The molecule has 3 heterocycles. The molecule has 0 atom stereocenters. The minimum Gasteiger partial charge on any atom is -0.369 e. The molecule has 0 spiro atoms. The van der Waals surface area contributed by atoms with Crippen molar-refractivity contribution >= 4 is 11.7 Å². The van der Waals surface area contributed by atoms with Gasteiger partial charge in [0, 0.05) is 38.2 Å². The predicted octanol–water partition coefficient (Wildman–Crippen LogP) is 1.76. The Kier molecular flexibility index (Phi) is 3.85. The molecule has 0 bridgehead atoms. The van der Waals surface area contributed by atoms with Crippen LogP contribution in [0.1, 0.15) is 29.5 Å². The second kappa shape index (κ2) is 5.95. The molecule has 0 unspecified atom stereocenters. The molecule has 6 nitrogen and oxygen atoms in total. The molecule has 0 aromatic carbocycles. The average molecular weight is 285 g/mol. The Balaban J connectivity index is 1.80. The smallest absolute Gasteiger partial charge is 0.258 e. The summed E-state index contributed by atoms with van der Waals surface area (Å²) in [4.78, 5) is 23.1. The number of nitrogens with zero attached hydrogens (tertiary/aromatic N) is 4. The third-order valence-electron chi connectivity index (χ3n) is 3.61. The predicted molar refractivity (Wildman–Crippen MR) is 80.0 cm³/mol. The van der Waals surface area contributed by atoms with Gasteiger partial charge in [-0.2, -0.15) is 0 Å². The molecule has 0 radical (unpaired) electrons. The lowest BCUT2D eigenvalue weighted by Crippen LogP contribution is -2.38. The highest BCUT2D eigenvalue weighted by molar-refractivity contribution is 5.98. The van der Waals surface area contributed by atoms with Crippen molar-refractivity contribution in [1.29, 1.82) is 0 Å². The highest BCUT2D eigenvalue weighted by Gasteiger charge is 2.24. The fourth-order valence-corrected chi connectivity index (χ4v) is 2.48. The average Bonchev–Trinajstić information content (AvgIpc) is 3.00. The van der Waals surface area contributed by atoms with Gasteiger partial charge in [-0.1, -0.05) is 6.92 Å². The Morgan fingerprint density at radius 2 is 2.24 bits per heavy atom. The van der Waals surface area contributed by atoms with Crippen LogP contribution in [0.15, 0.2) is 30.7 Å². The number of nitrogens with one attached hydrogen (secondary N) is 1. The summed E-state index contributed by atoms with van der Waals surface area (Å²) in [5, 5.41) is 3.22. The van der Waals surface area contributed by atoms with Gasteiger partial charge in [-0.15, -0.1) is 0 Å². The number of carbonyl (C=O) groups excluding carboxylic acids is 1. The summed E-state index contributed by atoms with van der Waals surface area (Å²) in [5.41, 5.74) is 0.631. The zero-order chi connectivity index (χ0) is 14.7. The lowest BCUT2D eigenvalue weighted by Gasteiger charge is -2.28. The Morgan fingerprint density at radius 1 is 1.33 bits per heavy atom. The zero-order valence-electron chi connectivity index (χ0n) is 12.1. The van der Waals surface area contributed by atoms with E-state index in [0.717, 1.165) is 25.3 Å². The Morgan fingerprint density at radius 3 is 3.10 bits per heavy atom. The van der Waals surface area contributed by atoms with Crippen LogP contribution >= 0.6 is 0 Å². The van der Waals surface area contributed by atoms with Gasteiger partial charge in [-0.3, -0.25) is 4.79 Å². The summed E-state index contributed by atoms with van der Waals surface area (Å²) >= 11 is 0. The molecule has 6 heteroatoms. The molecular formula is C15H19N5O. The molecule has 1 N–H and O–H groups in total. The van der Waals surface area contributed by atoms with E-state index in [1.807, 2.05) is 17.2 Å². The summed E-state index contributed by atoms with van der Waals surface area (Å²) in [6.45, 7) is 4.93. The highest BCUT2D eigenvalue weighted by atomic mass is 16.2. The summed E-state index contributed by atoms with van der Waals surface area (Å²) < 4.78 is 2.09. The van der Waals surface area contributed by atoms with Crippen molar-refractivity contribution < 1.29 is 4.79 Å². The van der Waals surface area contributed by atoms with Crippen LogP contribution in [0.25, 0.3) is 0 Å². The van der Waals surface area contributed by atoms with E-state index in [2.05, 4.69) is 26.8 Å². The van der Waals surface area contributed by atoms with E-state index >= 15 is 0 Å². The van der Waals surface area contributed by atoms with Crippen molar-refractivity contribution in [2.24, 2.45) is 0 Å². The van der Waals surface area contributed by atoms with Crippen LogP contribution < -0.4 is 5.32 Å². The molecule has 0 saturated carbocycles. The van der Waals surface area contributed by atoms with E-state index in [0.29, 0.717) is 24.5 Å². The monoisotopic (exact) mass is 285 g/mol. The second-order valence-corrected chi connectivity index (χ2v) is 5.09. The van der Waals surface area contributed by atoms with Crippen LogP contribution in [0, 0.1) is 0 Å². The largest absolute Gasteiger partial charge is 0.369 e. The topological polar surface area (TPSA) is 63.1 Å². The minimum absolute atomic E-state index is 0.0101. The first-order valence-corrected chi connectivity index (χ1v) is 7.27. The van der Waals surface area contributed by atoms with Gasteiger partial charge in [0.05, 0.1) is 12.1 Å². The Labute approximate surface area is 123 Å². The van der Waals surface area contributed by atoms with Gasteiger partial charge in [0.2, 0.25) is 0 Å². The summed E-state index contributed by atoms with van der Waals surface area (Å²) in [5.74, 6) is 1.61. The molecule has 1 amide bonds. The number of hydrogen-bond donors (Lipinski definition) is 1. The van der Waals surface area contributed by atoms with E-state index in [1.165, 1.54) is 0 Å². The number of rotatable bonds is 4. The van der Waals surface area contributed by atoms with Crippen molar-refractivity contribution in [3.05, 3.63) is 42.1 Å². The summed E-state index contributed by atoms with van der Waals surface area (Å²) in [6.07, 6.45) is 6.43. The molecular weight excluding hydrogens is 266 g/mol. The number of amides is 1. The van der Waals surface area contributed by atoms with Gasteiger partial charge in [0.25, 0.3) is 5.91 Å². The maximum atomic E-state index is 12.7. The molecule has 1 aliphatic heterocycles. The van der Waals surface area contributed by atoms with Crippen LogP contribution in [0.4, 0.5) is 5.82 Å². The number of pyridine rings is 1. The Hall–Kier alpha value is -2.37. The van der Waals surface area contributed by atoms with Gasteiger partial charge >= 0.3 is 0 Å². The fourth-order valence-electron chi connectivity index (χ4n) is 2.48. The summed E-state index contributed by atoms with van der Waals surface area (Å²) in [6, 6.07) is 3.63. The van der Waals surface area contributed by atoms with Crippen molar-refractivity contribution in [2.75, 3.05) is 18.4 Å². The van der Waals surface area contributed by atoms with Crippen molar-refractivity contribution in [3.8, 4) is 0 Å². The van der Waals surface area contributed by atoms with Gasteiger partial charge < -0.3 is 14.8 Å². The van der Waals surface area contributed by atoms with E-state index < -0.39 is 0 Å². The lowest BCUT2D eigenvalue weighted by molar-refractivity contribution is 0.0708. The third kappa shape index (κ3) is 2.74. The molecule has 3 rings (SSSR count). The zero-order valence-corrected chi connectivity index (χ0v) is 12.1. The maximum Gasteiger partial charge on any atom is 0.258 e. The van der Waals surface area contributed by atoms with E-state index in [1.54, 1.807) is 18.5 Å². The first-order valence-electron chi connectivity index (χ1n) is 7.27. The first kappa shape index (κ1) is 13.6. The first-order chi connectivity index (χ1) is 10.3. The number of carbonyl (C=O) groups is 1. The maximum absolute atomic E-state index is 12.7. The van der Waals surface area contributed by atoms with Crippen LogP contribution in [0.2, 0.25) is 0 Å². The molecule has 110 valence electrons. The number of imidazole rings is 1. The number of hydrogen-bond acceptors (Lipinski definition) is 4. The van der Waals surface area contributed by atoms with Crippen molar-refractivity contribution in [1.82, 2.24) is 19.4 Å². The fraction of sp³-hybridized carbons (Fsp3) is 0.400. The van der Waals surface area contributed by atoms with Crippen molar-refractivity contribution in [3.63, 3.8) is 0 Å². The van der Waals surface area contributed by atoms with Gasteiger partial charge in [0.15, 0.2) is 0 Å². The molecule has 2 aromatic heterocycles. The number of aromatic nitrogens is 3. The number of anilines is 1. The van der Waals surface area contributed by atoms with Crippen LogP contribution in [0.5, 0.6) is 0 Å². The van der Waals surface area contributed by atoms with E-state index in [-0.39, 0.29) is 5.91 Å². The molecule has 0 aliphatic carbocycles. The highest BCUT2D eigenvalue weighted by Crippen LogP contribution is 2.18. The molecule has 0 fully saturated rings. The quantitative estimate of drug-likeness (QED) is 0.929. The van der Waals surface area contributed by atoms with Crippen molar-refractivity contribution in [2.45, 2.75) is 26.4 Å². The van der Waals surface area contributed by atoms with Gasteiger partial charge in [-0.25, -0.2) is 9.97 Å².